The average molecular weight is 736 g/mol. The van der Waals surface area contributed by atoms with Crippen LogP contribution in [-0.4, -0.2) is 99.8 Å². The summed E-state index contributed by atoms with van der Waals surface area (Å²) in [7, 11) is 2.07. The fourth-order valence-electron chi connectivity index (χ4n) is 4.86. The number of rotatable bonds is 13. The number of hydrogen-bond acceptors (Lipinski definition) is 9. The lowest BCUT2D eigenvalue weighted by Crippen LogP contribution is -2.45. The molecular formula is C27H33F3IN7O4S. The van der Waals surface area contributed by atoms with E-state index in [0.29, 0.717) is 48.0 Å². The van der Waals surface area contributed by atoms with Crippen LogP contribution in [0.2, 0.25) is 0 Å². The van der Waals surface area contributed by atoms with Gasteiger partial charge in [0.05, 0.1) is 44.8 Å². The van der Waals surface area contributed by atoms with Crippen LogP contribution in [-0.2, 0) is 16.0 Å². The molecule has 0 amide bonds. The number of nitrogens with zero attached hydrogens (tertiary/aromatic N) is 5. The molecule has 0 aromatic carbocycles. The lowest BCUT2D eigenvalue weighted by Gasteiger charge is -2.37. The van der Waals surface area contributed by atoms with E-state index in [1.807, 2.05) is 28.7 Å². The number of halogens is 4. The number of ether oxygens (including phenoxy) is 2. The van der Waals surface area contributed by atoms with Gasteiger partial charge >= 0.3 is 11.5 Å². The fourth-order valence-corrected chi connectivity index (χ4v) is 6.25. The lowest BCUT2D eigenvalue weighted by molar-refractivity contribution is -0.0330. The Balaban J connectivity index is 1.31. The Bertz CT molecular complexity index is 1460. The van der Waals surface area contributed by atoms with Gasteiger partial charge < -0.3 is 30.5 Å². The second-order valence-corrected chi connectivity index (χ2v) is 12.0. The number of alkyl halides is 3. The van der Waals surface area contributed by atoms with E-state index in [9.17, 15) is 18.0 Å². The van der Waals surface area contributed by atoms with E-state index in [2.05, 4.69) is 39.2 Å². The molecule has 0 aliphatic carbocycles. The highest BCUT2D eigenvalue weighted by Gasteiger charge is 2.34. The zero-order valence-electron chi connectivity index (χ0n) is 23.4. The highest BCUT2D eigenvalue weighted by molar-refractivity contribution is 14.1. The maximum absolute atomic E-state index is 13.3. The quantitative estimate of drug-likeness (QED) is 0.104. The number of carboxylic acids is 1. The van der Waals surface area contributed by atoms with Crippen LogP contribution in [0.4, 0.5) is 18.9 Å². The monoisotopic (exact) mass is 735 g/mol. The normalized spacial score (nSPS) is 17.6. The van der Waals surface area contributed by atoms with E-state index >= 15 is 0 Å². The molecule has 4 rings (SSSR count). The molecule has 43 heavy (non-hydrogen) atoms. The minimum Gasteiger partial charge on any atom is -0.478 e. The van der Waals surface area contributed by atoms with Gasteiger partial charge in [-0.1, -0.05) is 5.92 Å². The van der Waals surface area contributed by atoms with Crippen LogP contribution in [0.1, 0.15) is 28.9 Å². The summed E-state index contributed by atoms with van der Waals surface area (Å²) >= 11 is 1.71. The number of likely N-dealkylation sites (tertiary alicyclic amines) is 1. The molecule has 2 atom stereocenters. The Hall–Kier alpha value is -2.56. The lowest BCUT2D eigenvalue weighted by atomic mass is 9.89. The first-order valence-corrected chi connectivity index (χ1v) is 15.5. The number of imidazole rings is 1. The van der Waals surface area contributed by atoms with Crippen molar-refractivity contribution in [1.82, 2.24) is 24.1 Å². The second kappa shape index (κ2) is 15.4. The topological polar surface area (TPSA) is 132 Å². The number of aromatic carboxylic acids is 1. The molecular weight excluding hydrogens is 702 g/mol. The Morgan fingerprint density at radius 2 is 2.07 bits per heavy atom. The summed E-state index contributed by atoms with van der Waals surface area (Å²) in [4.78, 5) is 17.8. The molecule has 0 radical (unpaired) electrons. The first kappa shape index (κ1) is 33.3. The van der Waals surface area contributed by atoms with Gasteiger partial charge in [0.1, 0.15) is 20.0 Å². The van der Waals surface area contributed by atoms with Crippen LogP contribution in [0, 0.1) is 21.5 Å². The van der Waals surface area contributed by atoms with Gasteiger partial charge in [-0.05, 0) is 73.0 Å². The molecule has 0 saturated carbocycles. The number of aromatic nitrogens is 4. The molecule has 1 aliphatic rings. The molecule has 4 N–H and O–H groups in total. The summed E-state index contributed by atoms with van der Waals surface area (Å²) in [5.74, 6) is 4.52. The molecule has 0 unspecified atom stereocenters. The maximum atomic E-state index is 13.3. The standard InChI is InChI=1S/C27H33F3IN7O4S/c1-36-10-6-20(18(17-36)7-12-41-14-15-42-13-11-38-23(31)19(16-33-38)26(39)40)34-21-5-3-9-37-24(21)35-22(4-2-8-32)25(37)43-27(28,29)30/h3,5,9,16,18,20,34H,6-8,10-15,17,32H2,1H3,(H,39,40)/t18-,20-/m0/s1. The van der Waals surface area contributed by atoms with Crippen LogP contribution in [0.3, 0.4) is 0 Å². The predicted molar refractivity (Wildman–Crippen MR) is 164 cm³/mol. The molecule has 3 aromatic heterocycles. The zero-order valence-corrected chi connectivity index (χ0v) is 26.4. The van der Waals surface area contributed by atoms with Crippen molar-refractivity contribution in [3.05, 3.63) is 39.5 Å². The van der Waals surface area contributed by atoms with Crippen molar-refractivity contribution in [2.75, 3.05) is 58.4 Å². The summed E-state index contributed by atoms with van der Waals surface area (Å²) in [6.07, 6.45) is 4.52. The molecule has 1 saturated heterocycles. The van der Waals surface area contributed by atoms with Gasteiger partial charge in [0.15, 0.2) is 5.65 Å². The van der Waals surface area contributed by atoms with Crippen LogP contribution < -0.4 is 11.1 Å². The maximum Gasteiger partial charge on any atom is 0.447 e. The van der Waals surface area contributed by atoms with E-state index in [1.165, 1.54) is 10.6 Å². The molecule has 234 valence electrons. The van der Waals surface area contributed by atoms with Gasteiger partial charge in [0.2, 0.25) is 0 Å². The van der Waals surface area contributed by atoms with Crippen LogP contribution in [0.5, 0.6) is 0 Å². The number of piperidine rings is 1. The molecule has 1 aliphatic heterocycles. The first-order chi connectivity index (χ1) is 20.6. The van der Waals surface area contributed by atoms with Crippen molar-refractivity contribution >= 4 is 51.7 Å². The highest BCUT2D eigenvalue weighted by Crippen LogP contribution is 2.39. The van der Waals surface area contributed by atoms with E-state index in [-0.39, 0.29) is 46.5 Å². The van der Waals surface area contributed by atoms with Crippen molar-refractivity contribution in [2.45, 2.75) is 36.0 Å². The number of nitrogens with one attached hydrogen (secondary N) is 1. The van der Waals surface area contributed by atoms with E-state index in [1.54, 1.807) is 16.9 Å². The summed E-state index contributed by atoms with van der Waals surface area (Å²) in [6, 6.07) is 3.59. The van der Waals surface area contributed by atoms with Crippen molar-refractivity contribution in [1.29, 1.82) is 0 Å². The average Bonchev–Trinajstić information content (AvgIpc) is 3.49. The highest BCUT2D eigenvalue weighted by atomic mass is 127. The molecule has 0 bridgehead atoms. The molecule has 0 spiro atoms. The van der Waals surface area contributed by atoms with Gasteiger partial charge in [-0.15, -0.1) is 0 Å². The molecule has 11 nitrogen and oxygen atoms in total. The molecule has 3 aromatic rings. The van der Waals surface area contributed by atoms with Gasteiger partial charge in [0, 0.05) is 37.2 Å². The number of anilines is 1. The largest absolute Gasteiger partial charge is 0.478 e. The van der Waals surface area contributed by atoms with Gasteiger partial charge in [-0.3, -0.25) is 9.08 Å². The molecule has 16 heteroatoms. The number of hydrogen-bond donors (Lipinski definition) is 3. The summed E-state index contributed by atoms with van der Waals surface area (Å²) < 4.78 is 55.0. The Labute approximate surface area is 264 Å². The van der Waals surface area contributed by atoms with Crippen LogP contribution >= 0.6 is 34.4 Å². The van der Waals surface area contributed by atoms with Crippen LogP contribution in [0.25, 0.3) is 5.65 Å². The minimum absolute atomic E-state index is 0.0145. The number of nitrogens with two attached hydrogens (primary N) is 1. The first-order valence-electron chi connectivity index (χ1n) is 13.6. The zero-order chi connectivity index (χ0) is 31.0. The van der Waals surface area contributed by atoms with Crippen LogP contribution in [0.15, 0.2) is 29.6 Å². The minimum atomic E-state index is -4.49. The van der Waals surface area contributed by atoms with Gasteiger partial charge in [-0.25, -0.2) is 9.78 Å². The van der Waals surface area contributed by atoms with E-state index in [4.69, 9.17) is 20.3 Å². The van der Waals surface area contributed by atoms with Crippen molar-refractivity contribution in [2.24, 2.45) is 11.7 Å². The third kappa shape index (κ3) is 9.22. The number of thioether (sulfide) groups is 1. The molecule has 1 fully saturated rings. The molecule has 4 heterocycles. The fraction of sp³-hybridized carbons (Fsp3) is 0.519. The third-order valence-corrected chi connectivity index (χ3v) is 8.82. The predicted octanol–water partition coefficient (Wildman–Crippen LogP) is 3.61. The second-order valence-electron chi connectivity index (χ2n) is 9.89. The van der Waals surface area contributed by atoms with Gasteiger partial charge in [0.25, 0.3) is 0 Å². The van der Waals surface area contributed by atoms with Gasteiger partial charge in [-0.2, -0.15) is 18.3 Å². The van der Waals surface area contributed by atoms with E-state index in [0.717, 1.165) is 25.9 Å². The van der Waals surface area contributed by atoms with Crippen molar-refractivity contribution in [3.63, 3.8) is 0 Å². The number of pyridine rings is 1. The number of carbonyl (C=O) groups is 1. The summed E-state index contributed by atoms with van der Waals surface area (Å²) in [6.45, 7) is 3.89. The third-order valence-electron chi connectivity index (χ3n) is 6.86. The van der Waals surface area contributed by atoms with E-state index < -0.39 is 11.5 Å². The number of fused-ring (bicyclic) bond motifs is 1. The summed E-state index contributed by atoms with van der Waals surface area (Å²) in [5.41, 5.74) is 2.19. The summed E-state index contributed by atoms with van der Waals surface area (Å²) in [5, 5.41) is 16.7. The Kier molecular flexibility index (Phi) is 12.0. The number of carboxylic acid groups (broad SMARTS) is 1. The van der Waals surface area contributed by atoms with Crippen molar-refractivity contribution < 1.29 is 32.5 Å². The Morgan fingerprint density at radius 3 is 2.77 bits per heavy atom. The SMILES string of the molecule is CN1CC[C@H](Nc2cccn3c(SC(F)(F)F)c(C#CCN)nc23)[C@@H](CCOCCOCCn2ncc(C(=O)O)c2I)C1. The van der Waals surface area contributed by atoms with Crippen molar-refractivity contribution in [3.8, 4) is 11.8 Å². The smallest absolute Gasteiger partial charge is 0.447 e. The Morgan fingerprint density at radius 1 is 1.30 bits per heavy atom.